The number of nitrogens with one attached hydrogen (secondary N) is 1. The van der Waals surface area contributed by atoms with E-state index in [4.69, 9.17) is 5.11 Å². The molecule has 0 aliphatic rings. The van der Waals surface area contributed by atoms with Gasteiger partial charge in [0.15, 0.2) is 0 Å². The minimum Gasteiger partial charge on any atom is -0.481 e. The van der Waals surface area contributed by atoms with Crippen molar-refractivity contribution in [3.63, 3.8) is 0 Å². The molecule has 5 nitrogen and oxygen atoms in total. The Hall–Kier alpha value is -3.37. The number of aliphatic carboxylic acids is 1. The van der Waals surface area contributed by atoms with Crippen LogP contribution in [0.15, 0.2) is 35.1 Å². The van der Waals surface area contributed by atoms with Crippen molar-refractivity contribution in [1.82, 2.24) is 9.97 Å². The van der Waals surface area contributed by atoms with Crippen molar-refractivity contribution in [2.24, 2.45) is 0 Å². The molecule has 0 fully saturated rings. The summed E-state index contributed by atoms with van der Waals surface area (Å²) in [5, 5.41) is 9.08. The summed E-state index contributed by atoms with van der Waals surface area (Å²) in [6.07, 6.45) is -10.5. The fraction of sp³-hybridized carbons (Fsp3) is 0.348. The van der Waals surface area contributed by atoms with E-state index in [9.17, 15) is 35.9 Å². The lowest BCUT2D eigenvalue weighted by atomic mass is 9.91. The van der Waals surface area contributed by atoms with Crippen molar-refractivity contribution >= 4 is 17.0 Å². The Morgan fingerprint density at radius 3 is 1.91 bits per heavy atom. The van der Waals surface area contributed by atoms with Gasteiger partial charge in [-0.15, -0.1) is 0 Å². The second-order valence-electron chi connectivity index (χ2n) is 8.88. The highest BCUT2D eigenvalue weighted by atomic mass is 19.4. The molecule has 182 valence electrons. The largest absolute Gasteiger partial charge is 0.481 e. The van der Waals surface area contributed by atoms with Crippen molar-refractivity contribution in [2.45, 2.75) is 51.4 Å². The van der Waals surface area contributed by atoms with Gasteiger partial charge in [0.2, 0.25) is 0 Å². The van der Waals surface area contributed by atoms with Crippen LogP contribution in [0.5, 0.6) is 0 Å². The van der Waals surface area contributed by atoms with E-state index in [1.165, 1.54) is 12.1 Å². The standard InChI is InChI=1S/C23H20F6N2O3/c1-21(2,3)19-20(34)30-16-9-12(6-11(18(16)31-19)4-5-17(32)33)13-7-14(22(24,25)26)10-15(8-13)23(27,28)29/h6-10H,4-5H2,1-3H3,(H,30,34)(H,32,33). The number of hydrogen-bond donors (Lipinski definition) is 2. The molecular weight excluding hydrogens is 466 g/mol. The molecule has 3 rings (SSSR count). The molecule has 0 saturated heterocycles. The Morgan fingerprint density at radius 1 is 0.912 bits per heavy atom. The number of halogens is 6. The summed E-state index contributed by atoms with van der Waals surface area (Å²) in [6, 6.07) is 3.71. The number of H-pyrrole nitrogens is 1. The lowest BCUT2D eigenvalue weighted by Gasteiger charge is -2.19. The van der Waals surface area contributed by atoms with Gasteiger partial charge in [-0.05, 0) is 53.4 Å². The third-order valence-electron chi connectivity index (χ3n) is 5.12. The average molecular weight is 486 g/mol. The number of rotatable bonds is 4. The molecule has 2 aromatic carbocycles. The molecule has 0 aliphatic heterocycles. The van der Waals surface area contributed by atoms with E-state index in [0.29, 0.717) is 12.1 Å². The summed E-state index contributed by atoms with van der Waals surface area (Å²) >= 11 is 0. The molecule has 0 amide bonds. The maximum absolute atomic E-state index is 13.3. The van der Waals surface area contributed by atoms with Gasteiger partial charge in [-0.2, -0.15) is 26.3 Å². The van der Waals surface area contributed by atoms with Crippen LogP contribution in [-0.2, 0) is 29.0 Å². The van der Waals surface area contributed by atoms with E-state index < -0.39 is 40.4 Å². The zero-order valence-electron chi connectivity index (χ0n) is 18.3. The first-order chi connectivity index (χ1) is 15.5. The van der Waals surface area contributed by atoms with Crippen LogP contribution in [-0.4, -0.2) is 21.0 Å². The molecule has 0 aliphatic carbocycles. The number of carboxylic acid groups (broad SMARTS) is 1. The fourth-order valence-electron chi connectivity index (χ4n) is 3.49. The number of aromatic nitrogens is 2. The second kappa shape index (κ2) is 8.44. The molecule has 0 bridgehead atoms. The summed E-state index contributed by atoms with van der Waals surface area (Å²) in [6.45, 7) is 5.22. The smallest absolute Gasteiger partial charge is 0.416 e. The maximum Gasteiger partial charge on any atom is 0.416 e. The monoisotopic (exact) mass is 486 g/mol. The number of fused-ring (bicyclic) bond motifs is 1. The van der Waals surface area contributed by atoms with E-state index in [1.54, 1.807) is 20.8 Å². The number of benzene rings is 2. The van der Waals surface area contributed by atoms with Gasteiger partial charge < -0.3 is 10.1 Å². The van der Waals surface area contributed by atoms with Gasteiger partial charge in [-0.1, -0.05) is 20.8 Å². The normalized spacial score (nSPS) is 12.9. The molecule has 11 heteroatoms. The van der Waals surface area contributed by atoms with Crippen LogP contribution in [0.25, 0.3) is 22.2 Å². The molecular formula is C23H20F6N2O3. The molecule has 1 heterocycles. The highest BCUT2D eigenvalue weighted by Gasteiger charge is 2.37. The molecule has 0 radical (unpaired) electrons. The summed E-state index contributed by atoms with van der Waals surface area (Å²) < 4.78 is 79.9. The predicted octanol–water partition coefficient (Wildman–Crippen LogP) is 5.94. The molecule has 2 N–H and O–H groups in total. The second-order valence-corrected chi connectivity index (χ2v) is 8.88. The quantitative estimate of drug-likeness (QED) is 0.447. The summed E-state index contributed by atoms with van der Waals surface area (Å²) in [5.41, 5.74) is -3.94. The molecule has 0 unspecified atom stereocenters. The molecule has 34 heavy (non-hydrogen) atoms. The van der Waals surface area contributed by atoms with Crippen LogP contribution in [0, 0.1) is 0 Å². The summed E-state index contributed by atoms with van der Waals surface area (Å²) in [5.74, 6) is -1.16. The van der Waals surface area contributed by atoms with E-state index >= 15 is 0 Å². The van der Waals surface area contributed by atoms with Crippen LogP contribution in [0.2, 0.25) is 0 Å². The first-order valence-electron chi connectivity index (χ1n) is 10.1. The predicted molar refractivity (Wildman–Crippen MR) is 112 cm³/mol. The Bertz CT molecular complexity index is 1290. The van der Waals surface area contributed by atoms with Crippen molar-refractivity contribution in [1.29, 1.82) is 0 Å². The zero-order valence-corrected chi connectivity index (χ0v) is 18.3. The molecule has 1 aromatic heterocycles. The number of nitrogens with zero attached hydrogens (tertiary/aromatic N) is 1. The number of carboxylic acids is 1. The number of carbonyl (C=O) groups is 1. The Balaban J connectivity index is 2.34. The Morgan fingerprint density at radius 2 is 1.44 bits per heavy atom. The minimum absolute atomic E-state index is 0.0227. The van der Waals surface area contributed by atoms with Crippen LogP contribution < -0.4 is 5.56 Å². The minimum atomic E-state index is -5.03. The van der Waals surface area contributed by atoms with E-state index in [2.05, 4.69) is 9.97 Å². The van der Waals surface area contributed by atoms with E-state index in [0.717, 1.165) is 0 Å². The van der Waals surface area contributed by atoms with Gasteiger partial charge in [0.25, 0.3) is 5.56 Å². The van der Waals surface area contributed by atoms with Crippen LogP contribution in [0.3, 0.4) is 0 Å². The topological polar surface area (TPSA) is 83.0 Å². The van der Waals surface area contributed by atoms with Gasteiger partial charge in [-0.25, -0.2) is 4.98 Å². The molecule has 3 aromatic rings. The van der Waals surface area contributed by atoms with Crippen LogP contribution in [0.4, 0.5) is 26.3 Å². The third kappa shape index (κ3) is 5.40. The first kappa shape index (κ1) is 25.3. The number of hydrogen-bond acceptors (Lipinski definition) is 3. The first-order valence-corrected chi connectivity index (χ1v) is 10.1. The van der Waals surface area contributed by atoms with Gasteiger partial charge in [0.1, 0.15) is 5.69 Å². The van der Waals surface area contributed by atoms with Crippen molar-refractivity contribution < 1.29 is 36.2 Å². The van der Waals surface area contributed by atoms with Gasteiger partial charge in [0, 0.05) is 11.8 Å². The SMILES string of the molecule is CC(C)(C)c1nc2c(CCC(=O)O)cc(-c3cc(C(F)(F)F)cc(C(F)(F)F)c3)cc2[nH]c1=O. The molecule has 0 atom stereocenters. The zero-order chi connectivity index (χ0) is 25.6. The van der Waals surface area contributed by atoms with E-state index in [-0.39, 0.29) is 52.3 Å². The lowest BCUT2D eigenvalue weighted by Crippen LogP contribution is -2.26. The summed E-state index contributed by atoms with van der Waals surface area (Å²) in [4.78, 5) is 30.7. The van der Waals surface area contributed by atoms with Crippen molar-refractivity contribution in [3.05, 3.63) is 63.1 Å². The number of alkyl halides is 6. The average Bonchev–Trinajstić information content (AvgIpc) is 2.68. The number of aryl methyl sites for hydroxylation is 1. The summed E-state index contributed by atoms with van der Waals surface area (Å²) in [7, 11) is 0. The van der Waals surface area contributed by atoms with Gasteiger partial charge in [0.05, 0.1) is 22.2 Å². The number of aromatic amines is 1. The van der Waals surface area contributed by atoms with Crippen molar-refractivity contribution in [3.8, 4) is 11.1 Å². The highest BCUT2D eigenvalue weighted by molar-refractivity contribution is 5.85. The maximum atomic E-state index is 13.3. The van der Waals surface area contributed by atoms with Crippen LogP contribution in [0.1, 0.15) is 49.6 Å². The lowest BCUT2D eigenvalue weighted by molar-refractivity contribution is -0.143. The van der Waals surface area contributed by atoms with Crippen LogP contribution >= 0.6 is 0 Å². The molecule has 0 saturated carbocycles. The Labute approximate surface area is 189 Å². The molecule has 0 spiro atoms. The third-order valence-corrected chi connectivity index (χ3v) is 5.12. The fourth-order valence-corrected chi connectivity index (χ4v) is 3.49. The Kier molecular flexibility index (Phi) is 6.27. The van der Waals surface area contributed by atoms with E-state index in [1.807, 2.05) is 0 Å². The van der Waals surface area contributed by atoms with Gasteiger partial charge >= 0.3 is 18.3 Å². The highest BCUT2D eigenvalue weighted by Crippen LogP contribution is 2.39. The van der Waals surface area contributed by atoms with Gasteiger partial charge in [-0.3, -0.25) is 9.59 Å². The van der Waals surface area contributed by atoms with Crippen molar-refractivity contribution in [2.75, 3.05) is 0 Å².